The normalized spacial score (nSPS) is 15.6. The van der Waals surface area contributed by atoms with Gasteiger partial charge in [0.25, 0.3) is 11.8 Å². The van der Waals surface area contributed by atoms with Crippen LogP contribution in [0.1, 0.15) is 11.1 Å². The van der Waals surface area contributed by atoms with Crippen molar-refractivity contribution in [3.63, 3.8) is 0 Å². The van der Waals surface area contributed by atoms with E-state index in [-0.39, 0.29) is 24.7 Å². The van der Waals surface area contributed by atoms with Crippen molar-refractivity contribution in [1.82, 2.24) is 5.32 Å². The molecule has 0 saturated carbocycles. The van der Waals surface area contributed by atoms with Crippen LogP contribution in [-0.2, 0) is 16.2 Å². The largest absolute Gasteiger partial charge is 0.493 e. The Morgan fingerprint density at radius 3 is 2.51 bits per heavy atom. The van der Waals surface area contributed by atoms with Gasteiger partial charge in [-0.15, -0.1) is 0 Å². The summed E-state index contributed by atoms with van der Waals surface area (Å²) in [5, 5.41) is 3.03. The maximum Gasteiger partial charge on any atom is 0.335 e. The minimum Gasteiger partial charge on any atom is -0.493 e. The van der Waals surface area contributed by atoms with Crippen LogP contribution >= 0.6 is 55.1 Å². The fourth-order valence-corrected chi connectivity index (χ4v) is 5.12. The standard InChI is InChI=1S/C26H16Br2Cl2N2O7/c1-36-20-8-13(21(27)22(28)23(20)37-10-12-2-4-16(29)17(30)6-12)7-15-24(33)31-26(35)32(25(15)34)14-3-5-18-19(9-14)39-11-38-18/h2-9H,10-11H2,1H3,(H,31,33,35)/b15-7+. The van der Waals surface area contributed by atoms with Crippen LogP contribution in [0.3, 0.4) is 0 Å². The molecule has 4 amide bonds. The third kappa shape index (κ3) is 5.31. The Morgan fingerprint density at radius 1 is 1.00 bits per heavy atom. The average Bonchev–Trinajstić information content (AvgIpc) is 3.38. The van der Waals surface area contributed by atoms with Crippen LogP contribution in [0.4, 0.5) is 10.5 Å². The van der Waals surface area contributed by atoms with Gasteiger partial charge in [-0.1, -0.05) is 29.3 Å². The molecule has 2 aliphatic rings. The molecule has 0 spiro atoms. The molecule has 1 fully saturated rings. The number of ether oxygens (including phenoxy) is 4. The van der Waals surface area contributed by atoms with Gasteiger partial charge in [0.15, 0.2) is 23.0 Å². The highest BCUT2D eigenvalue weighted by molar-refractivity contribution is 9.13. The fourth-order valence-electron chi connectivity index (χ4n) is 3.85. The second kappa shape index (κ2) is 11.1. The minimum atomic E-state index is -0.884. The van der Waals surface area contributed by atoms with Gasteiger partial charge in [-0.05, 0) is 79.4 Å². The lowest BCUT2D eigenvalue weighted by molar-refractivity contribution is -0.122. The summed E-state index contributed by atoms with van der Waals surface area (Å²) in [4.78, 5) is 39.6. The van der Waals surface area contributed by atoms with Gasteiger partial charge in [-0.2, -0.15) is 0 Å². The van der Waals surface area contributed by atoms with Gasteiger partial charge in [-0.3, -0.25) is 14.9 Å². The zero-order chi connectivity index (χ0) is 27.8. The van der Waals surface area contributed by atoms with Crippen molar-refractivity contribution in [3.05, 3.63) is 78.2 Å². The highest BCUT2D eigenvalue weighted by Crippen LogP contribution is 2.44. The van der Waals surface area contributed by atoms with Gasteiger partial charge >= 0.3 is 6.03 Å². The van der Waals surface area contributed by atoms with Crippen LogP contribution < -0.4 is 29.2 Å². The molecular weight excluding hydrogens is 683 g/mol. The Bertz CT molecular complexity index is 1580. The van der Waals surface area contributed by atoms with E-state index in [9.17, 15) is 14.4 Å². The topological polar surface area (TPSA) is 103 Å². The molecule has 0 atom stereocenters. The molecule has 1 saturated heterocycles. The predicted molar refractivity (Wildman–Crippen MR) is 151 cm³/mol. The number of halogens is 4. The van der Waals surface area contributed by atoms with E-state index in [1.807, 2.05) is 0 Å². The number of hydrogen-bond acceptors (Lipinski definition) is 7. The van der Waals surface area contributed by atoms with E-state index in [0.29, 0.717) is 47.6 Å². The number of carbonyl (C=O) groups excluding carboxylic acids is 3. The zero-order valence-corrected chi connectivity index (χ0v) is 24.5. The van der Waals surface area contributed by atoms with E-state index >= 15 is 0 Å². The summed E-state index contributed by atoms with van der Waals surface area (Å²) in [5.74, 6) is -0.104. The Balaban J connectivity index is 1.47. The van der Waals surface area contributed by atoms with Crippen LogP contribution in [-0.4, -0.2) is 31.7 Å². The van der Waals surface area contributed by atoms with Crippen LogP contribution in [0.5, 0.6) is 23.0 Å². The van der Waals surface area contributed by atoms with Crippen molar-refractivity contribution in [1.29, 1.82) is 0 Å². The monoisotopic (exact) mass is 696 g/mol. The van der Waals surface area contributed by atoms with E-state index in [2.05, 4.69) is 37.2 Å². The minimum absolute atomic E-state index is 0.0282. The van der Waals surface area contributed by atoms with Crippen molar-refractivity contribution in [2.75, 3.05) is 18.8 Å². The summed E-state index contributed by atoms with van der Waals surface area (Å²) in [6.07, 6.45) is 1.35. The number of methoxy groups -OCH3 is 1. The second-order valence-electron chi connectivity index (χ2n) is 8.16. The maximum atomic E-state index is 13.4. The van der Waals surface area contributed by atoms with Gasteiger partial charge in [-0.25, -0.2) is 9.69 Å². The number of nitrogens with zero attached hydrogens (tertiary/aromatic N) is 1. The predicted octanol–water partition coefficient (Wildman–Crippen LogP) is 6.50. The summed E-state index contributed by atoms with van der Waals surface area (Å²) in [5.41, 5.74) is 1.13. The summed E-state index contributed by atoms with van der Waals surface area (Å²) in [7, 11) is 1.46. The first-order valence-electron chi connectivity index (χ1n) is 11.1. The molecule has 39 heavy (non-hydrogen) atoms. The van der Waals surface area contributed by atoms with Gasteiger partial charge in [0, 0.05) is 10.5 Å². The number of carbonyl (C=O) groups is 3. The number of imide groups is 2. The van der Waals surface area contributed by atoms with E-state index in [1.54, 1.807) is 30.3 Å². The number of barbiturate groups is 1. The molecule has 2 aliphatic heterocycles. The number of hydrogen-bond donors (Lipinski definition) is 1. The third-order valence-electron chi connectivity index (χ3n) is 5.76. The first kappa shape index (κ1) is 27.3. The lowest BCUT2D eigenvalue weighted by Crippen LogP contribution is -2.54. The zero-order valence-electron chi connectivity index (χ0n) is 19.8. The molecule has 9 nitrogen and oxygen atoms in total. The number of amides is 4. The van der Waals surface area contributed by atoms with Crippen LogP contribution in [0.15, 0.2) is 57.0 Å². The molecule has 0 aromatic heterocycles. The molecule has 3 aromatic carbocycles. The quantitative estimate of drug-likeness (QED) is 0.232. The van der Waals surface area contributed by atoms with Crippen LogP contribution in [0, 0.1) is 0 Å². The van der Waals surface area contributed by atoms with Crippen molar-refractivity contribution in [3.8, 4) is 23.0 Å². The molecular formula is C26H16Br2Cl2N2O7. The van der Waals surface area contributed by atoms with Crippen molar-refractivity contribution in [2.45, 2.75) is 6.61 Å². The molecule has 3 aromatic rings. The number of benzene rings is 3. The van der Waals surface area contributed by atoms with Gasteiger partial charge < -0.3 is 18.9 Å². The molecule has 200 valence electrons. The molecule has 0 bridgehead atoms. The summed E-state index contributed by atoms with van der Waals surface area (Å²) < 4.78 is 23.1. The fraction of sp³-hybridized carbons (Fsp3) is 0.115. The number of nitrogens with one attached hydrogen (secondary N) is 1. The third-order valence-corrected chi connectivity index (χ3v) is 8.64. The van der Waals surface area contributed by atoms with Crippen LogP contribution in [0.25, 0.3) is 6.08 Å². The van der Waals surface area contributed by atoms with E-state index in [4.69, 9.17) is 42.1 Å². The van der Waals surface area contributed by atoms with Crippen molar-refractivity contribution < 1.29 is 33.3 Å². The SMILES string of the molecule is COc1cc(/C=C2\C(=O)NC(=O)N(c3ccc4c(c3)OCO4)C2=O)c(Br)c(Br)c1OCc1ccc(Cl)c(Cl)c1. The first-order valence-corrected chi connectivity index (χ1v) is 13.5. The number of rotatable bonds is 6. The van der Waals surface area contributed by atoms with Crippen molar-refractivity contribution in [2.24, 2.45) is 0 Å². The Hall–Kier alpha value is -3.25. The maximum absolute atomic E-state index is 13.4. The van der Waals surface area contributed by atoms with Crippen molar-refractivity contribution >= 4 is 84.7 Å². The lowest BCUT2D eigenvalue weighted by atomic mass is 10.1. The first-order chi connectivity index (χ1) is 18.7. The summed E-state index contributed by atoms with van der Waals surface area (Å²) in [6, 6.07) is 10.4. The molecule has 0 aliphatic carbocycles. The summed E-state index contributed by atoms with van der Waals surface area (Å²) >= 11 is 19.1. The smallest absolute Gasteiger partial charge is 0.335 e. The molecule has 2 heterocycles. The number of urea groups is 1. The van der Waals surface area contributed by atoms with Gasteiger partial charge in [0.05, 0.1) is 27.3 Å². The van der Waals surface area contributed by atoms with E-state index in [0.717, 1.165) is 10.5 Å². The molecule has 0 unspecified atom stereocenters. The molecule has 0 radical (unpaired) electrons. The lowest BCUT2D eigenvalue weighted by Gasteiger charge is -2.26. The highest BCUT2D eigenvalue weighted by atomic mass is 79.9. The molecule has 1 N–H and O–H groups in total. The second-order valence-corrected chi connectivity index (χ2v) is 10.6. The van der Waals surface area contributed by atoms with E-state index in [1.165, 1.54) is 25.3 Å². The van der Waals surface area contributed by atoms with Crippen LogP contribution in [0.2, 0.25) is 10.0 Å². The van der Waals surface area contributed by atoms with Gasteiger partial charge in [0.1, 0.15) is 12.2 Å². The van der Waals surface area contributed by atoms with Gasteiger partial charge in [0.2, 0.25) is 6.79 Å². The Kier molecular flexibility index (Phi) is 7.77. The number of fused-ring (bicyclic) bond motifs is 1. The molecule has 13 heteroatoms. The average molecular weight is 699 g/mol. The van der Waals surface area contributed by atoms with E-state index < -0.39 is 17.8 Å². The number of anilines is 1. The summed E-state index contributed by atoms with van der Waals surface area (Å²) in [6.45, 7) is 0.187. The molecule has 5 rings (SSSR count). The highest BCUT2D eigenvalue weighted by Gasteiger charge is 2.37. The Morgan fingerprint density at radius 2 is 1.77 bits per heavy atom. The Labute approximate surface area is 248 Å².